The van der Waals surface area contributed by atoms with Crippen molar-refractivity contribution in [3.8, 4) is 0 Å². The molecule has 0 rings (SSSR count). The normalized spacial score (nSPS) is 12.5. The zero-order valence-corrected chi connectivity index (χ0v) is 12.8. The van der Waals surface area contributed by atoms with Crippen molar-refractivity contribution in [2.24, 2.45) is 0 Å². The predicted molar refractivity (Wildman–Crippen MR) is 76.8 cm³/mol. The fourth-order valence-electron chi connectivity index (χ4n) is 1.49. The smallest absolute Gasteiger partial charge is 0.326 e. The Labute approximate surface area is 120 Å². The molecule has 7 heteroatoms. The van der Waals surface area contributed by atoms with Gasteiger partial charge < -0.3 is 25.4 Å². The minimum atomic E-state index is -1.06. The van der Waals surface area contributed by atoms with E-state index in [1.165, 1.54) is 7.11 Å². The zero-order valence-electron chi connectivity index (χ0n) is 12.8. The van der Waals surface area contributed by atoms with Crippen LogP contribution in [0.5, 0.6) is 0 Å². The number of methoxy groups -OCH3 is 1. The number of carboxylic acid groups (broad SMARTS) is 1. The van der Waals surface area contributed by atoms with E-state index in [-0.39, 0.29) is 13.0 Å². The lowest BCUT2D eigenvalue weighted by atomic mass is 10.2. The second-order valence-corrected chi connectivity index (χ2v) is 5.00. The molecule has 0 saturated carbocycles. The molecule has 1 atom stereocenters. The topological polar surface area (TPSA) is 90.9 Å². The highest BCUT2D eigenvalue weighted by Crippen LogP contribution is 1.95. The molecule has 0 aliphatic heterocycles. The first kappa shape index (κ1) is 18.7. The Morgan fingerprint density at radius 3 is 2.50 bits per heavy atom. The Kier molecular flexibility index (Phi) is 9.75. The lowest BCUT2D eigenvalue weighted by Crippen LogP contribution is -2.47. The van der Waals surface area contributed by atoms with Crippen molar-refractivity contribution in [3.05, 3.63) is 0 Å². The molecule has 3 N–H and O–H groups in total. The third kappa shape index (κ3) is 8.71. The molecule has 0 heterocycles. The predicted octanol–water partition coefficient (Wildman–Crippen LogP) is 0.506. The van der Waals surface area contributed by atoms with Crippen molar-refractivity contribution >= 4 is 12.0 Å². The molecule has 118 valence electrons. The summed E-state index contributed by atoms with van der Waals surface area (Å²) in [7, 11) is 3.51. The molecular formula is C13H27N3O4. The summed E-state index contributed by atoms with van der Waals surface area (Å²) in [6.45, 7) is 5.89. The van der Waals surface area contributed by atoms with Gasteiger partial charge in [-0.25, -0.2) is 9.59 Å². The molecule has 0 spiro atoms. The van der Waals surface area contributed by atoms with Crippen LogP contribution in [0.4, 0.5) is 4.79 Å². The van der Waals surface area contributed by atoms with Gasteiger partial charge in [-0.2, -0.15) is 0 Å². The van der Waals surface area contributed by atoms with Crippen LogP contribution in [0.1, 0.15) is 26.7 Å². The minimum absolute atomic E-state index is 0.245. The Balaban J connectivity index is 3.88. The average Bonchev–Trinajstić information content (AvgIpc) is 2.38. The van der Waals surface area contributed by atoms with Crippen LogP contribution in [0.3, 0.4) is 0 Å². The van der Waals surface area contributed by atoms with Crippen molar-refractivity contribution in [2.45, 2.75) is 38.8 Å². The summed E-state index contributed by atoms with van der Waals surface area (Å²) in [6, 6.07) is -0.914. The molecular weight excluding hydrogens is 262 g/mol. The summed E-state index contributed by atoms with van der Waals surface area (Å²) in [4.78, 5) is 24.7. The van der Waals surface area contributed by atoms with Crippen LogP contribution < -0.4 is 10.6 Å². The molecule has 0 bridgehead atoms. The summed E-state index contributed by atoms with van der Waals surface area (Å²) in [5.41, 5.74) is 0. The van der Waals surface area contributed by atoms with Crippen molar-refractivity contribution < 1.29 is 19.4 Å². The molecule has 2 amide bonds. The maximum Gasteiger partial charge on any atom is 0.326 e. The number of carbonyl (C=O) groups excluding carboxylic acids is 1. The molecule has 7 nitrogen and oxygen atoms in total. The zero-order chi connectivity index (χ0) is 15.5. The second-order valence-electron chi connectivity index (χ2n) is 5.00. The van der Waals surface area contributed by atoms with Gasteiger partial charge in [0.2, 0.25) is 0 Å². The quantitative estimate of drug-likeness (QED) is 0.510. The largest absolute Gasteiger partial charge is 0.480 e. The molecule has 0 radical (unpaired) electrons. The molecule has 0 aromatic rings. The molecule has 0 aromatic carbocycles. The van der Waals surface area contributed by atoms with E-state index < -0.39 is 18.0 Å². The number of hydrogen-bond acceptors (Lipinski definition) is 4. The van der Waals surface area contributed by atoms with Crippen LogP contribution in [0.2, 0.25) is 0 Å². The van der Waals surface area contributed by atoms with Crippen molar-refractivity contribution in [3.63, 3.8) is 0 Å². The van der Waals surface area contributed by atoms with Crippen LogP contribution in [0.15, 0.2) is 0 Å². The number of nitrogens with zero attached hydrogens (tertiary/aromatic N) is 1. The molecule has 0 saturated heterocycles. The third-order valence-electron chi connectivity index (χ3n) is 3.07. The van der Waals surface area contributed by atoms with Gasteiger partial charge in [0.05, 0.1) is 0 Å². The van der Waals surface area contributed by atoms with Crippen molar-refractivity contribution in [2.75, 3.05) is 33.9 Å². The highest BCUT2D eigenvalue weighted by atomic mass is 16.5. The van der Waals surface area contributed by atoms with E-state index in [2.05, 4.69) is 29.4 Å². The first-order valence-electron chi connectivity index (χ1n) is 6.84. The van der Waals surface area contributed by atoms with Crippen molar-refractivity contribution in [1.82, 2.24) is 15.5 Å². The highest BCUT2D eigenvalue weighted by Gasteiger charge is 2.19. The van der Waals surface area contributed by atoms with Gasteiger partial charge in [-0.15, -0.1) is 0 Å². The van der Waals surface area contributed by atoms with E-state index in [1.54, 1.807) is 0 Å². The number of hydrogen-bond donors (Lipinski definition) is 3. The number of urea groups is 1. The van der Waals surface area contributed by atoms with E-state index >= 15 is 0 Å². The molecule has 0 aliphatic rings. The fraction of sp³-hybridized carbons (Fsp3) is 0.846. The number of aliphatic carboxylic acids is 1. The summed E-state index contributed by atoms with van der Waals surface area (Å²) in [5, 5.41) is 14.0. The lowest BCUT2D eigenvalue weighted by Gasteiger charge is -2.21. The van der Waals surface area contributed by atoms with Crippen LogP contribution in [0, 0.1) is 0 Å². The van der Waals surface area contributed by atoms with Gasteiger partial charge in [-0.1, -0.05) is 0 Å². The van der Waals surface area contributed by atoms with E-state index in [4.69, 9.17) is 9.84 Å². The number of amides is 2. The summed E-state index contributed by atoms with van der Waals surface area (Å²) >= 11 is 0. The number of carboxylic acids is 1. The van der Waals surface area contributed by atoms with Gasteiger partial charge in [0.1, 0.15) is 6.04 Å². The maximum absolute atomic E-state index is 11.6. The van der Waals surface area contributed by atoms with Gasteiger partial charge in [0.15, 0.2) is 0 Å². The minimum Gasteiger partial charge on any atom is -0.480 e. The lowest BCUT2D eigenvalue weighted by molar-refractivity contribution is -0.139. The SMILES string of the molecule is COCCC(NC(=O)NCCCN(C)C(C)C)C(=O)O. The van der Waals surface area contributed by atoms with E-state index in [0.717, 1.165) is 13.0 Å². The molecule has 20 heavy (non-hydrogen) atoms. The first-order valence-corrected chi connectivity index (χ1v) is 6.84. The molecule has 0 aliphatic carbocycles. The van der Waals surface area contributed by atoms with Gasteiger partial charge in [0.25, 0.3) is 0 Å². The highest BCUT2D eigenvalue weighted by molar-refractivity contribution is 5.82. The standard InChI is InChI=1S/C13H27N3O4/c1-10(2)16(3)8-5-7-14-13(19)15-11(12(17)18)6-9-20-4/h10-11H,5-9H2,1-4H3,(H,17,18)(H2,14,15,19). The van der Waals surface area contributed by atoms with E-state index in [0.29, 0.717) is 12.6 Å². The van der Waals surface area contributed by atoms with Crippen LogP contribution in [-0.2, 0) is 9.53 Å². The Hall–Kier alpha value is -1.34. The Morgan fingerprint density at radius 2 is 2.00 bits per heavy atom. The second kappa shape index (κ2) is 10.4. The molecule has 0 aromatic heterocycles. The van der Waals surface area contributed by atoms with Gasteiger partial charge in [-0.3, -0.25) is 0 Å². The Morgan fingerprint density at radius 1 is 1.35 bits per heavy atom. The van der Waals surface area contributed by atoms with Gasteiger partial charge >= 0.3 is 12.0 Å². The average molecular weight is 289 g/mol. The van der Waals surface area contributed by atoms with Gasteiger partial charge in [-0.05, 0) is 33.9 Å². The van der Waals surface area contributed by atoms with Crippen molar-refractivity contribution in [1.29, 1.82) is 0 Å². The van der Waals surface area contributed by atoms with E-state index in [1.807, 2.05) is 7.05 Å². The Bertz CT molecular complexity index is 297. The molecule has 1 unspecified atom stereocenters. The van der Waals surface area contributed by atoms with E-state index in [9.17, 15) is 9.59 Å². The van der Waals surface area contributed by atoms with Gasteiger partial charge in [0, 0.05) is 32.7 Å². The number of ether oxygens (including phenoxy) is 1. The fourth-order valence-corrected chi connectivity index (χ4v) is 1.49. The first-order chi connectivity index (χ1) is 9.38. The number of carbonyl (C=O) groups is 2. The van der Waals surface area contributed by atoms with Crippen LogP contribution in [-0.4, -0.2) is 67.9 Å². The number of nitrogens with one attached hydrogen (secondary N) is 2. The maximum atomic E-state index is 11.6. The summed E-state index contributed by atoms with van der Waals surface area (Å²) in [6.07, 6.45) is 1.06. The third-order valence-corrected chi connectivity index (χ3v) is 3.07. The summed E-state index contributed by atoms with van der Waals surface area (Å²) < 4.78 is 4.81. The van der Waals surface area contributed by atoms with Crippen LogP contribution >= 0.6 is 0 Å². The summed E-state index contributed by atoms with van der Waals surface area (Å²) in [5.74, 6) is -1.06. The monoisotopic (exact) mass is 289 g/mol. The molecule has 0 fully saturated rings. The van der Waals surface area contributed by atoms with Crippen LogP contribution in [0.25, 0.3) is 0 Å². The number of rotatable bonds is 10.